The minimum atomic E-state index is -0.339. The van der Waals surface area contributed by atoms with Crippen LogP contribution in [0.5, 0.6) is 0 Å². The van der Waals surface area contributed by atoms with E-state index in [0.717, 1.165) is 42.6 Å². The first-order valence-electron chi connectivity index (χ1n) is 8.29. The van der Waals surface area contributed by atoms with Crippen LogP contribution in [0.3, 0.4) is 0 Å². The number of carbonyl (C=O) groups is 1. The van der Waals surface area contributed by atoms with E-state index in [0.29, 0.717) is 13.1 Å². The average Bonchev–Trinajstić information content (AvgIpc) is 2.53. The van der Waals surface area contributed by atoms with Gasteiger partial charge in [0, 0.05) is 24.8 Å². The fourth-order valence-electron chi connectivity index (χ4n) is 3.20. The maximum absolute atomic E-state index is 12.3. The predicted molar refractivity (Wildman–Crippen MR) is 89.9 cm³/mol. The average molecular weight is 321 g/mol. The van der Waals surface area contributed by atoms with Crippen molar-refractivity contribution >= 4 is 5.91 Å². The van der Waals surface area contributed by atoms with Gasteiger partial charge >= 0.3 is 0 Å². The normalized spacial score (nSPS) is 18.9. The van der Waals surface area contributed by atoms with Crippen LogP contribution in [-0.2, 0) is 0 Å². The third-order valence-electron chi connectivity index (χ3n) is 4.90. The Balaban J connectivity index is 1.98. The molecular weight excluding hydrogens is 294 g/mol. The molecule has 0 saturated carbocycles. The number of hydrogen-bond donors (Lipinski definition) is 3. The van der Waals surface area contributed by atoms with Crippen molar-refractivity contribution in [1.29, 1.82) is 0 Å². The minimum absolute atomic E-state index is 0.157. The smallest absolute Gasteiger partial charge is 0.261 e. The highest BCUT2D eigenvalue weighted by atomic mass is 16.3. The zero-order valence-electron chi connectivity index (χ0n) is 14.2. The summed E-state index contributed by atoms with van der Waals surface area (Å²) in [6, 6.07) is 0.187. The number of rotatable bonds is 5. The Morgan fingerprint density at radius 1 is 1.30 bits per heavy atom. The van der Waals surface area contributed by atoms with Crippen LogP contribution in [0.4, 0.5) is 0 Å². The Hall–Kier alpha value is -1.66. The summed E-state index contributed by atoms with van der Waals surface area (Å²) in [4.78, 5) is 29.3. The highest BCUT2D eigenvalue weighted by Gasteiger charge is 2.22. The van der Waals surface area contributed by atoms with Gasteiger partial charge in [0.25, 0.3) is 11.5 Å². The molecule has 1 saturated heterocycles. The molecule has 1 atom stereocenters. The van der Waals surface area contributed by atoms with Crippen molar-refractivity contribution in [3.05, 3.63) is 32.7 Å². The highest BCUT2D eigenvalue weighted by Crippen LogP contribution is 2.16. The van der Waals surface area contributed by atoms with Crippen molar-refractivity contribution in [3.8, 4) is 0 Å². The van der Waals surface area contributed by atoms with Gasteiger partial charge in [-0.2, -0.15) is 0 Å². The van der Waals surface area contributed by atoms with Crippen molar-refractivity contribution in [2.45, 2.75) is 46.1 Å². The van der Waals surface area contributed by atoms with Crippen molar-refractivity contribution in [3.63, 3.8) is 0 Å². The topological polar surface area (TPSA) is 85.4 Å². The lowest BCUT2D eigenvalue weighted by atomic mass is 10.0. The third kappa shape index (κ3) is 4.00. The first kappa shape index (κ1) is 17.7. The van der Waals surface area contributed by atoms with Crippen LogP contribution >= 0.6 is 0 Å². The van der Waals surface area contributed by atoms with Crippen LogP contribution < -0.4 is 10.9 Å². The lowest BCUT2D eigenvalue weighted by Crippen LogP contribution is -2.46. The molecule has 1 aromatic heterocycles. The van der Waals surface area contributed by atoms with Crippen LogP contribution in [0.2, 0.25) is 0 Å². The summed E-state index contributed by atoms with van der Waals surface area (Å²) in [7, 11) is 0. The van der Waals surface area contributed by atoms with Gasteiger partial charge in [0.1, 0.15) is 5.56 Å². The molecule has 23 heavy (non-hydrogen) atoms. The van der Waals surface area contributed by atoms with Crippen molar-refractivity contribution in [2.75, 3.05) is 26.2 Å². The van der Waals surface area contributed by atoms with E-state index in [-0.39, 0.29) is 29.7 Å². The summed E-state index contributed by atoms with van der Waals surface area (Å²) in [6.07, 6.45) is 3.27. The lowest BCUT2D eigenvalue weighted by Gasteiger charge is -2.34. The number of aliphatic hydroxyl groups excluding tert-OH is 1. The van der Waals surface area contributed by atoms with Gasteiger partial charge in [0.15, 0.2) is 0 Å². The van der Waals surface area contributed by atoms with E-state index in [1.165, 1.54) is 0 Å². The summed E-state index contributed by atoms with van der Waals surface area (Å²) in [5, 5.41) is 12.2. The molecule has 0 bridgehead atoms. The molecule has 6 heteroatoms. The van der Waals surface area contributed by atoms with Gasteiger partial charge in [-0.1, -0.05) is 6.42 Å². The Labute approximate surface area is 136 Å². The van der Waals surface area contributed by atoms with E-state index in [1.54, 1.807) is 6.92 Å². The van der Waals surface area contributed by atoms with Gasteiger partial charge in [0.05, 0.1) is 6.61 Å². The lowest BCUT2D eigenvalue weighted by molar-refractivity contribution is 0.0848. The number of aromatic amines is 1. The standard InChI is InChI=1S/C17H27N3O3/c1-11-12(2)15(17(23)19-13(11)3)16(22)18-7-9-20-8-5-4-6-14(20)10-21/h14,21H,4-10H2,1-3H3,(H,18,22)(H,19,23). The molecule has 1 fully saturated rings. The maximum atomic E-state index is 12.3. The van der Waals surface area contributed by atoms with E-state index in [9.17, 15) is 14.7 Å². The largest absolute Gasteiger partial charge is 0.395 e. The van der Waals surface area contributed by atoms with Crippen LogP contribution in [0.25, 0.3) is 0 Å². The molecule has 128 valence electrons. The molecule has 0 aliphatic carbocycles. The second kappa shape index (κ2) is 7.75. The maximum Gasteiger partial charge on any atom is 0.261 e. The Bertz CT molecular complexity index is 624. The van der Waals surface area contributed by atoms with Crippen LogP contribution in [0.1, 0.15) is 46.4 Å². The Morgan fingerprint density at radius 3 is 2.74 bits per heavy atom. The van der Waals surface area contributed by atoms with Gasteiger partial charge < -0.3 is 15.4 Å². The second-order valence-corrected chi connectivity index (χ2v) is 6.33. The summed E-state index contributed by atoms with van der Waals surface area (Å²) >= 11 is 0. The first-order chi connectivity index (χ1) is 11.0. The van der Waals surface area contributed by atoms with Crippen LogP contribution in [0.15, 0.2) is 4.79 Å². The molecule has 3 N–H and O–H groups in total. The summed E-state index contributed by atoms with van der Waals surface area (Å²) in [6.45, 7) is 7.81. The van der Waals surface area contributed by atoms with Gasteiger partial charge in [-0.3, -0.25) is 14.5 Å². The van der Waals surface area contributed by atoms with Gasteiger partial charge in [-0.05, 0) is 51.3 Å². The molecule has 0 radical (unpaired) electrons. The quantitative estimate of drug-likeness (QED) is 0.751. The molecule has 1 unspecified atom stereocenters. The van der Waals surface area contributed by atoms with E-state index in [2.05, 4.69) is 15.2 Å². The van der Waals surface area contributed by atoms with E-state index >= 15 is 0 Å². The van der Waals surface area contributed by atoms with Crippen LogP contribution in [-0.4, -0.2) is 53.2 Å². The molecule has 1 aromatic rings. The minimum Gasteiger partial charge on any atom is -0.395 e. The number of H-pyrrole nitrogens is 1. The molecule has 0 spiro atoms. The molecule has 1 aliphatic rings. The zero-order chi connectivity index (χ0) is 17.0. The molecule has 1 amide bonds. The Kier molecular flexibility index (Phi) is 5.96. The van der Waals surface area contributed by atoms with Gasteiger partial charge in [-0.15, -0.1) is 0 Å². The number of hydrogen-bond acceptors (Lipinski definition) is 4. The van der Waals surface area contributed by atoms with Gasteiger partial charge in [0.2, 0.25) is 0 Å². The number of nitrogens with one attached hydrogen (secondary N) is 2. The molecule has 2 rings (SSSR count). The molecule has 6 nitrogen and oxygen atoms in total. The monoisotopic (exact) mass is 321 g/mol. The number of pyridine rings is 1. The summed E-state index contributed by atoms with van der Waals surface area (Å²) in [5.41, 5.74) is 2.32. The third-order valence-corrected chi connectivity index (χ3v) is 4.90. The first-order valence-corrected chi connectivity index (χ1v) is 8.29. The number of aliphatic hydroxyl groups is 1. The molecular formula is C17H27N3O3. The fraction of sp³-hybridized carbons (Fsp3) is 0.647. The highest BCUT2D eigenvalue weighted by molar-refractivity contribution is 5.95. The number of nitrogens with zero attached hydrogens (tertiary/aromatic N) is 1. The number of aryl methyl sites for hydroxylation is 1. The number of likely N-dealkylation sites (tertiary alicyclic amines) is 1. The Morgan fingerprint density at radius 2 is 2.04 bits per heavy atom. The second-order valence-electron chi connectivity index (χ2n) is 6.33. The van der Waals surface area contributed by atoms with Crippen molar-refractivity contribution in [1.82, 2.24) is 15.2 Å². The SMILES string of the molecule is Cc1[nH]c(=O)c(C(=O)NCCN2CCCCC2CO)c(C)c1C. The van der Waals surface area contributed by atoms with Crippen molar-refractivity contribution < 1.29 is 9.90 Å². The number of piperidine rings is 1. The van der Waals surface area contributed by atoms with Crippen LogP contribution in [0, 0.1) is 20.8 Å². The molecule has 0 aromatic carbocycles. The fourth-order valence-corrected chi connectivity index (χ4v) is 3.20. The molecule has 2 heterocycles. The number of amides is 1. The predicted octanol–water partition coefficient (Wildman–Crippen LogP) is 0.877. The van der Waals surface area contributed by atoms with Gasteiger partial charge in [-0.25, -0.2) is 0 Å². The van der Waals surface area contributed by atoms with E-state index < -0.39 is 0 Å². The number of aromatic nitrogens is 1. The summed E-state index contributed by atoms with van der Waals surface area (Å²) in [5.74, 6) is -0.329. The number of carbonyl (C=O) groups excluding carboxylic acids is 1. The van der Waals surface area contributed by atoms with E-state index in [4.69, 9.17) is 0 Å². The molecule has 1 aliphatic heterocycles. The summed E-state index contributed by atoms with van der Waals surface area (Å²) < 4.78 is 0. The van der Waals surface area contributed by atoms with E-state index in [1.807, 2.05) is 13.8 Å². The van der Waals surface area contributed by atoms with Crippen molar-refractivity contribution in [2.24, 2.45) is 0 Å². The zero-order valence-corrected chi connectivity index (χ0v) is 14.2.